The standard InChI is InChI=1S/C16H22N2O4/c1-10-13(21-2)7-12(8-14(10)22-3)16(20)18-6-4-5-11(9-18)15(17)19/h7-8,11H,4-6,9H2,1-3H3,(H2,17,19). The van der Waals surface area contributed by atoms with E-state index in [1.165, 1.54) is 0 Å². The minimum absolute atomic E-state index is 0.137. The van der Waals surface area contributed by atoms with Gasteiger partial charge < -0.3 is 20.1 Å². The van der Waals surface area contributed by atoms with Gasteiger partial charge in [0.15, 0.2) is 0 Å². The molecule has 1 heterocycles. The molecule has 0 bridgehead atoms. The summed E-state index contributed by atoms with van der Waals surface area (Å²) in [6, 6.07) is 3.40. The molecule has 1 aromatic rings. The average Bonchev–Trinajstić information content (AvgIpc) is 2.54. The van der Waals surface area contributed by atoms with Crippen LogP contribution < -0.4 is 15.2 Å². The summed E-state index contributed by atoms with van der Waals surface area (Å²) in [5, 5.41) is 0. The van der Waals surface area contributed by atoms with Crippen LogP contribution in [0, 0.1) is 12.8 Å². The number of nitrogens with two attached hydrogens (primary N) is 1. The van der Waals surface area contributed by atoms with Crippen molar-refractivity contribution in [3.05, 3.63) is 23.3 Å². The maximum absolute atomic E-state index is 12.7. The Balaban J connectivity index is 2.27. The van der Waals surface area contributed by atoms with E-state index in [1.807, 2.05) is 6.92 Å². The van der Waals surface area contributed by atoms with Gasteiger partial charge in [0.05, 0.1) is 20.1 Å². The summed E-state index contributed by atoms with van der Waals surface area (Å²) in [6.07, 6.45) is 1.51. The first-order valence-electron chi connectivity index (χ1n) is 7.29. The number of amides is 2. The van der Waals surface area contributed by atoms with Crippen LogP contribution in [-0.2, 0) is 4.79 Å². The van der Waals surface area contributed by atoms with Gasteiger partial charge in [-0.3, -0.25) is 9.59 Å². The molecule has 6 nitrogen and oxygen atoms in total. The van der Waals surface area contributed by atoms with E-state index in [-0.39, 0.29) is 17.7 Å². The third-order valence-electron chi connectivity index (χ3n) is 4.11. The summed E-state index contributed by atoms with van der Waals surface area (Å²) in [4.78, 5) is 25.7. The third-order valence-corrected chi connectivity index (χ3v) is 4.11. The molecule has 0 aromatic heterocycles. The predicted molar refractivity (Wildman–Crippen MR) is 82.1 cm³/mol. The first-order valence-corrected chi connectivity index (χ1v) is 7.29. The Morgan fingerprint density at radius 3 is 2.32 bits per heavy atom. The molecule has 120 valence electrons. The molecule has 6 heteroatoms. The van der Waals surface area contributed by atoms with E-state index in [9.17, 15) is 9.59 Å². The Bertz CT molecular complexity index is 561. The highest BCUT2D eigenvalue weighted by Gasteiger charge is 2.28. The van der Waals surface area contributed by atoms with Gasteiger partial charge in [-0.1, -0.05) is 0 Å². The van der Waals surface area contributed by atoms with Crippen molar-refractivity contribution in [2.24, 2.45) is 11.7 Å². The molecular weight excluding hydrogens is 284 g/mol. The number of hydrogen-bond acceptors (Lipinski definition) is 4. The number of carbonyl (C=O) groups is 2. The molecule has 1 unspecified atom stereocenters. The Labute approximate surface area is 130 Å². The van der Waals surface area contributed by atoms with E-state index in [1.54, 1.807) is 31.3 Å². The molecule has 1 aliphatic heterocycles. The van der Waals surface area contributed by atoms with Crippen molar-refractivity contribution in [1.82, 2.24) is 4.90 Å². The highest BCUT2D eigenvalue weighted by molar-refractivity contribution is 5.95. The van der Waals surface area contributed by atoms with Crippen LogP contribution in [-0.4, -0.2) is 44.0 Å². The van der Waals surface area contributed by atoms with Gasteiger partial charge >= 0.3 is 0 Å². The molecule has 0 aliphatic carbocycles. The molecule has 1 saturated heterocycles. The number of ether oxygens (including phenoxy) is 2. The lowest BCUT2D eigenvalue weighted by molar-refractivity contribution is -0.123. The summed E-state index contributed by atoms with van der Waals surface area (Å²) in [7, 11) is 3.11. The second-order valence-electron chi connectivity index (χ2n) is 5.50. The predicted octanol–water partition coefficient (Wildman–Crippen LogP) is 1.35. The third kappa shape index (κ3) is 3.16. The van der Waals surface area contributed by atoms with Gasteiger partial charge in [-0.2, -0.15) is 0 Å². The first kappa shape index (κ1) is 16.1. The summed E-state index contributed by atoms with van der Waals surface area (Å²) < 4.78 is 10.6. The average molecular weight is 306 g/mol. The van der Waals surface area contributed by atoms with Crippen molar-refractivity contribution in [2.75, 3.05) is 27.3 Å². The van der Waals surface area contributed by atoms with Crippen molar-refractivity contribution in [3.63, 3.8) is 0 Å². The van der Waals surface area contributed by atoms with Crippen LogP contribution >= 0.6 is 0 Å². The maximum atomic E-state index is 12.7. The number of nitrogens with zero attached hydrogens (tertiary/aromatic N) is 1. The van der Waals surface area contributed by atoms with Crippen LogP contribution in [0.5, 0.6) is 11.5 Å². The SMILES string of the molecule is COc1cc(C(=O)N2CCCC(C(N)=O)C2)cc(OC)c1C. The van der Waals surface area contributed by atoms with Crippen LogP contribution in [0.15, 0.2) is 12.1 Å². The highest BCUT2D eigenvalue weighted by Crippen LogP contribution is 2.30. The lowest BCUT2D eigenvalue weighted by Gasteiger charge is -2.31. The lowest BCUT2D eigenvalue weighted by atomic mass is 9.96. The summed E-state index contributed by atoms with van der Waals surface area (Å²) >= 11 is 0. The molecule has 1 atom stereocenters. The molecule has 1 aromatic carbocycles. The van der Waals surface area contributed by atoms with Crippen LogP contribution in [0.25, 0.3) is 0 Å². The number of rotatable bonds is 4. The minimum atomic E-state index is -0.350. The highest BCUT2D eigenvalue weighted by atomic mass is 16.5. The number of methoxy groups -OCH3 is 2. The zero-order valence-corrected chi connectivity index (χ0v) is 13.2. The summed E-state index contributed by atoms with van der Waals surface area (Å²) in [5.74, 6) is 0.448. The van der Waals surface area contributed by atoms with Gasteiger partial charge in [-0.25, -0.2) is 0 Å². The molecule has 1 aliphatic rings. The van der Waals surface area contributed by atoms with Gasteiger partial charge in [0.1, 0.15) is 11.5 Å². The molecule has 2 rings (SSSR count). The smallest absolute Gasteiger partial charge is 0.254 e. The Hall–Kier alpha value is -2.24. The number of hydrogen-bond donors (Lipinski definition) is 1. The molecule has 0 saturated carbocycles. The monoisotopic (exact) mass is 306 g/mol. The largest absolute Gasteiger partial charge is 0.496 e. The van der Waals surface area contributed by atoms with Crippen LogP contribution in [0.4, 0.5) is 0 Å². The van der Waals surface area contributed by atoms with Crippen molar-refractivity contribution >= 4 is 11.8 Å². The molecule has 22 heavy (non-hydrogen) atoms. The zero-order chi connectivity index (χ0) is 16.3. The van der Waals surface area contributed by atoms with Crippen molar-refractivity contribution in [2.45, 2.75) is 19.8 Å². The number of carbonyl (C=O) groups excluding carboxylic acids is 2. The second kappa shape index (κ2) is 6.68. The number of likely N-dealkylation sites (tertiary alicyclic amines) is 1. The Kier molecular flexibility index (Phi) is 4.90. The number of primary amides is 1. The van der Waals surface area contributed by atoms with E-state index in [0.717, 1.165) is 18.4 Å². The van der Waals surface area contributed by atoms with E-state index in [0.29, 0.717) is 30.2 Å². The molecular formula is C16H22N2O4. The topological polar surface area (TPSA) is 81.9 Å². The molecule has 0 spiro atoms. The van der Waals surface area contributed by atoms with Crippen LogP contribution in [0.3, 0.4) is 0 Å². The van der Waals surface area contributed by atoms with Crippen molar-refractivity contribution in [1.29, 1.82) is 0 Å². The Morgan fingerprint density at radius 1 is 1.23 bits per heavy atom. The van der Waals surface area contributed by atoms with Gasteiger partial charge in [-0.05, 0) is 31.9 Å². The fourth-order valence-electron chi connectivity index (χ4n) is 2.79. The van der Waals surface area contributed by atoms with E-state index in [2.05, 4.69) is 0 Å². The normalized spacial score (nSPS) is 18.0. The molecule has 2 N–H and O–H groups in total. The quantitative estimate of drug-likeness (QED) is 0.910. The van der Waals surface area contributed by atoms with Gasteiger partial charge in [0, 0.05) is 24.2 Å². The molecule has 1 fully saturated rings. The van der Waals surface area contributed by atoms with Crippen LogP contribution in [0.2, 0.25) is 0 Å². The number of piperidine rings is 1. The number of benzene rings is 1. The van der Waals surface area contributed by atoms with E-state index in [4.69, 9.17) is 15.2 Å². The fraction of sp³-hybridized carbons (Fsp3) is 0.500. The Morgan fingerprint density at radius 2 is 1.82 bits per heavy atom. The summed E-state index contributed by atoms with van der Waals surface area (Å²) in [5.41, 5.74) is 6.70. The molecule has 0 radical (unpaired) electrons. The maximum Gasteiger partial charge on any atom is 0.254 e. The molecule has 2 amide bonds. The van der Waals surface area contributed by atoms with Gasteiger partial charge in [-0.15, -0.1) is 0 Å². The first-order chi connectivity index (χ1) is 10.5. The van der Waals surface area contributed by atoms with Gasteiger partial charge in [0.25, 0.3) is 5.91 Å². The van der Waals surface area contributed by atoms with Crippen LogP contribution in [0.1, 0.15) is 28.8 Å². The zero-order valence-electron chi connectivity index (χ0n) is 13.2. The van der Waals surface area contributed by atoms with E-state index >= 15 is 0 Å². The summed E-state index contributed by atoms with van der Waals surface area (Å²) in [6.45, 7) is 2.86. The van der Waals surface area contributed by atoms with E-state index < -0.39 is 0 Å². The fourth-order valence-corrected chi connectivity index (χ4v) is 2.79. The lowest BCUT2D eigenvalue weighted by Crippen LogP contribution is -2.44. The van der Waals surface area contributed by atoms with Crippen molar-refractivity contribution in [3.8, 4) is 11.5 Å². The second-order valence-corrected chi connectivity index (χ2v) is 5.50. The van der Waals surface area contributed by atoms with Crippen molar-refractivity contribution < 1.29 is 19.1 Å². The van der Waals surface area contributed by atoms with Gasteiger partial charge in [0.2, 0.25) is 5.91 Å². The minimum Gasteiger partial charge on any atom is -0.496 e.